The van der Waals surface area contributed by atoms with Crippen molar-refractivity contribution in [1.82, 2.24) is 10.5 Å². The van der Waals surface area contributed by atoms with E-state index in [0.29, 0.717) is 5.03 Å². The summed E-state index contributed by atoms with van der Waals surface area (Å²) < 4.78 is 0. The van der Waals surface area contributed by atoms with E-state index >= 15 is 0 Å². The normalized spacial score (nSPS) is 18.3. The maximum Gasteiger partial charge on any atom is 0.171 e. The maximum atomic E-state index is 5.58. The Labute approximate surface area is 62.9 Å². The first-order valence-electron chi connectivity index (χ1n) is 2.29. The lowest BCUT2D eigenvalue weighted by molar-refractivity contribution is 0.333. The Balaban J connectivity index is 2.75. The summed E-state index contributed by atoms with van der Waals surface area (Å²) >= 11 is 11.1. The summed E-state index contributed by atoms with van der Waals surface area (Å²) in [6.45, 7) is 0. The average molecular weight is 166 g/mol. The molecule has 0 atom stereocenters. The van der Waals surface area contributed by atoms with Crippen molar-refractivity contribution in [1.29, 1.82) is 0 Å². The summed E-state index contributed by atoms with van der Waals surface area (Å²) in [5.41, 5.74) is 2.59. The molecule has 0 aliphatic carbocycles. The van der Waals surface area contributed by atoms with Gasteiger partial charge in [-0.15, -0.1) is 5.10 Å². The molecule has 0 spiro atoms. The van der Waals surface area contributed by atoms with Crippen molar-refractivity contribution in [3.05, 3.63) is 11.2 Å². The molecule has 1 aliphatic heterocycles. The first-order chi connectivity index (χ1) is 4.20. The fourth-order valence-electron chi connectivity index (χ4n) is 0.428. The van der Waals surface area contributed by atoms with Gasteiger partial charge in [0.25, 0.3) is 0 Å². The molecular weight excluding hydrogens is 161 g/mol. The van der Waals surface area contributed by atoms with Gasteiger partial charge in [0.15, 0.2) is 5.17 Å². The van der Waals surface area contributed by atoms with E-state index in [1.807, 2.05) is 0 Å². The third-order valence-electron chi connectivity index (χ3n) is 0.810. The zero-order valence-electron chi connectivity index (χ0n) is 4.73. The Morgan fingerprint density at radius 2 is 2.33 bits per heavy atom. The number of hydrazine groups is 1. The van der Waals surface area contributed by atoms with Crippen LogP contribution in [0.3, 0.4) is 0 Å². The van der Waals surface area contributed by atoms with Crippen molar-refractivity contribution in [2.24, 2.45) is 5.10 Å². The molecule has 0 amide bonds. The van der Waals surface area contributed by atoms with Crippen molar-refractivity contribution in [2.45, 2.75) is 0 Å². The lowest BCUT2D eigenvalue weighted by Gasteiger charge is -2.17. The summed E-state index contributed by atoms with van der Waals surface area (Å²) in [7, 11) is 1.77. The molecule has 0 aromatic carbocycles. The van der Waals surface area contributed by atoms with Gasteiger partial charge in [0.2, 0.25) is 0 Å². The van der Waals surface area contributed by atoms with Gasteiger partial charge in [-0.2, -0.15) is 0 Å². The number of rotatable bonds is 0. The summed E-state index contributed by atoms with van der Waals surface area (Å²) in [6.07, 6.45) is 1.64. The molecular formula is C4H5Cl2N3. The van der Waals surface area contributed by atoms with Crippen molar-refractivity contribution >= 4 is 28.4 Å². The quantitative estimate of drug-likeness (QED) is 0.582. The molecule has 3 nitrogen and oxygen atoms in total. The third kappa shape index (κ3) is 1.50. The van der Waals surface area contributed by atoms with Gasteiger partial charge in [-0.3, -0.25) is 5.01 Å². The molecule has 1 N–H and O–H groups in total. The zero-order valence-corrected chi connectivity index (χ0v) is 6.24. The molecule has 0 saturated heterocycles. The van der Waals surface area contributed by atoms with Crippen LogP contribution in [0.25, 0.3) is 0 Å². The lowest BCUT2D eigenvalue weighted by Crippen LogP contribution is -2.29. The smallest absolute Gasteiger partial charge is 0.171 e. The number of hydrogen-bond donors (Lipinski definition) is 1. The monoisotopic (exact) mass is 165 g/mol. The van der Waals surface area contributed by atoms with E-state index < -0.39 is 0 Å². The fraction of sp³-hybridized carbons (Fsp3) is 0.250. The number of nitrogens with zero attached hydrogens (tertiary/aromatic N) is 2. The van der Waals surface area contributed by atoms with E-state index in [1.54, 1.807) is 18.3 Å². The van der Waals surface area contributed by atoms with Crippen LogP contribution in [0, 0.1) is 0 Å². The van der Waals surface area contributed by atoms with Crippen LogP contribution >= 0.6 is 23.2 Å². The van der Waals surface area contributed by atoms with Crippen LogP contribution in [0.4, 0.5) is 0 Å². The summed E-state index contributed by atoms with van der Waals surface area (Å²) in [4.78, 5) is 0. The molecule has 0 bridgehead atoms. The highest BCUT2D eigenvalue weighted by Crippen LogP contribution is 2.10. The summed E-state index contributed by atoms with van der Waals surface area (Å²) in [6, 6.07) is 0. The van der Waals surface area contributed by atoms with Crippen LogP contribution in [-0.4, -0.2) is 17.2 Å². The second-order valence-electron chi connectivity index (χ2n) is 1.59. The standard InChI is InChI=1S/C4H5Cl2N3/c1-9-2-3(5)4(6)7-8-9/h2,8H,1H3. The summed E-state index contributed by atoms with van der Waals surface area (Å²) in [5, 5.41) is 5.98. The highest BCUT2D eigenvalue weighted by atomic mass is 35.5. The van der Waals surface area contributed by atoms with Crippen molar-refractivity contribution in [2.75, 3.05) is 7.05 Å². The molecule has 1 heterocycles. The Kier molecular flexibility index (Phi) is 1.83. The van der Waals surface area contributed by atoms with E-state index in [0.717, 1.165) is 0 Å². The molecule has 0 saturated carbocycles. The molecule has 0 aromatic heterocycles. The van der Waals surface area contributed by atoms with Gasteiger partial charge in [0, 0.05) is 13.2 Å². The molecule has 0 fully saturated rings. The average Bonchev–Trinajstić information content (AvgIpc) is 1.80. The zero-order chi connectivity index (χ0) is 6.85. The predicted octanol–water partition coefficient (Wildman–Crippen LogP) is 1.07. The van der Waals surface area contributed by atoms with E-state index in [1.165, 1.54) is 0 Å². The molecule has 50 valence electrons. The maximum absolute atomic E-state index is 5.58. The largest absolute Gasteiger partial charge is 0.281 e. The number of nitrogens with one attached hydrogen (secondary N) is 1. The van der Waals surface area contributed by atoms with Crippen molar-refractivity contribution in [3.63, 3.8) is 0 Å². The first kappa shape index (κ1) is 6.71. The van der Waals surface area contributed by atoms with Crippen LogP contribution in [0.15, 0.2) is 16.3 Å². The second kappa shape index (κ2) is 2.45. The van der Waals surface area contributed by atoms with Gasteiger partial charge in [0.1, 0.15) is 0 Å². The Hall–Kier alpha value is -0.410. The lowest BCUT2D eigenvalue weighted by atomic mass is 10.6. The molecule has 0 unspecified atom stereocenters. The Morgan fingerprint density at radius 3 is 2.78 bits per heavy atom. The Bertz CT molecular complexity index is 175. The number of hydrogen-bond acceptors (Lipinski definition) is 3. The van der Waals surface area contributed by atoms with Gasteiger partial charge in [0.05, 0.1) is 5.03 Å². The number of allylic oxidation sites excluding steroid dienone is 1. The van der Waals surface area contributed by atoms with Crippen LogP contribution in [0.5, 0.6) is 0 Å². The minimum Gasteiger partial charge on any atom is -0.281 e. The summed E-state index contributed by atoms with van der Waals surface area (Å²) in [5.74, 6) is 0. The topological polar surface area (TPSA) is 27.6 Å². The van der Waals surface area contributed by atoms with Crippen LogP contribution in [0.2, 0.25) is 0 Å². The predicted molar refractivity (Wildman–Crippen MR) is 38.1 cm³/mol. The van der Waals surface area contributed by atoms with Crippen LogP contribution < -0.4 is 5.53 Å². The van der Waals surface area contributed by atoms with Crippen LogP contribution in [-0.2, 0) is 0 Å². The van der Waals surface area contributed by atoms with Crippen molar-refractivity contribution < 1.29 is 0 Å². The molecule has 0 aromatic rings. The van der Waals surface area contributed by atoms with Crippen LogP contribution in [0.1, 0.15) is 0 Å². The van der Waals surface area contributed by atoms with Gasteiger partial charge in [-0.05, 0) is 0 Å². The fourth-order valence-corrected chi connectivity index (χ4v) is 0.704. The van der Waals surface area contributed by atoms with Crippen molar-refractivity contribution in [3.8, 4) is 0 Å². The van der Waals surface area contributed by atoms with E-state index in [4.69, 9.17) is 23.2 Å². The second-order valence-corrected chi connectivity index (χ2v) is 2.36. The first-order valence-corrected chi connectivity index (χ1v) is 3.05. The molecule has 1 rings (SSSR count). The minimum absolute atomic E-state index is 0.287. The minimum atomic E-state index is 0.287. The third-order valence-corrected chi connectivity index (χ3v) is 1.47. The molecule has 1 aliphatic rings. The Morgan fingerprint density at radius 1 is 1.67 bits per heavy atom. The van der Waals surface area contributed by atoms with Gasteiger partial charge >= 0.3 is 0 Å². The SMILES string of the molecule is CN1C=C(Cl)C(Cl)=NN1. The van der Waals surface area contributed by atoms with Gasteiger partial charge in [-0.25, -0.2) is 5.53 Å². The molecule has 5 heteroatoms. The van der Waals surface area contributed by atoms with Gasteiger partial charge < -0.3 is 0 Å². The van der Waals surface area contributed by atoms with E-state index in [2.05, 4.69) is 10.6 Å². The molecule has 9 heavy (non-hydrogen) atoms. The molecule has 0 radical (unpaired) electrons. The van der Waals surface area contributed by atoms with Gasteiger partial charge in [-0.1, -0.05) is 23.2 Å². The van der Waals surface area contributed by atoms with E-state index in [-0.39, 0.29) is 5.17 Å². The highest BCUT2D eigenvalue weighted by Gasteiger charge is 2.06. The number of hydrazone groups is 1. The highest BCUT2D eigenvalue weighted by molar-refractivity contribution is 6.75. The number of halogens is 2. The van der Waals surface area contributed by atoms with E-state index in [9.17, 15) is 0 Å².